The molecule has 0 spiro atoms. The van der Waals surface area contributed by atoms with Gasteiger partial charge in [0.25, 0.3) is 0 Å². The largest absolute Gasteiger partial charge is 0.477 e. The summed E-state index contributed by atoms with van der Waals surface area (Å²) >= 11 is 0. The molecule has 128 valence electrons. The lowest BCUT2D eigenvalue weighted by molar-refractivity contribution is -0.152. The number of esters is 1. The van der Waals surface area contributed by atoms with E-state index in [0.29, 0.717) is 5.82 Å². The van der Waals surface area contributed by atoms with Crippen molar-refractivity contribution in [1.82, 2.24) is 19.7 Å². The fraction of sp³-hybridized carbons (Fsp3) is 0.357. The fourth-order valence-electron chi connectivity index (χ4n) is 1.81. The lowest BCUT2D eigenvalue weighted by Gasteiger charge is -2.19. The Kier molecular flexibility index (Phi) is 4.67. The smallest absolute Gasteiger partial charge is 0.341 e. The normalized spacial score (nSPS) is 11.1. The van der Waals surface area contributed by atoms with Crippen LogP contribution in [0.1, 0.15) is 31.1 Å². The molecule has 4 N–H and O–H groups in total. The molecule has 24 heavy (non-hydrogen) atoms. The summed E-state index contributed by atoms with van der Waals surface area (Å²) in [4.78, 5) is 30.6. The molecule has 0 fully saturated rings. The summed E-state index contributed by atoms with van der Waals surface area (Å²) in [6.45, 7) is 5.24. The summed E-state index contributed by atoms with van der Waals surface area (Å²) in [7, 11) is 0. The molecule has 10 nitrogen and oxygen atoms in total. The summed E-state index contributed by atoms with van der Waals surface area (Å²) in [5, 5.41) is 15.7. The van der Waals surface area contributed by atoms with E-state index < -0.39 is 17.5 Å². The van der Waals surface area contributed by atoms with Gasteiger partial charge in [-0.05, 0) is 20.8 Å². The van der Waals surface area contributed by atoms with Crippen molar-refractivity contribution >= 4 is 23.6 Å². The number of carboxylic acid groups (broad SMARTS) is 1. The predicted octanol–water partition coefficient (Wildman–Crippen LogP) is 0.696. The first-order valence-electron chi connectivity index (χ1n) is 7.02. The van der Waals surface area contributed by atoms with Crippen molar-refractivity contribution in [2.75, 3.05) is 17.6 Å². The lowest BCUT2D eigenvalue weighted by Crippen LogP contribution is -2.28. The van der Waals surface area contributed by atoms with Gasteiger partial charge in [-0.25, -0.2) is 14.8 Å². The molecule has 0 bridgehead atoms. The second-order valence-electron chi connectivity index (χ2n) is 5.86. The van der Waals surface area contributed by atoms with E-state index in [2.05, 4.69) is 20.4 Å². The number of anilines is 2. The Labute approximate surface area is 137 Å². The van der Waals surface area contributed by atoms with Crippen molar-refractivity contribution in [2.45, 2.75) is 26.4 Å². The van der Waals surface area contributed by atoms with E-state index in [1.807, 2.05) is 0 Å². The first-order chi connectivity index (χ1) is 11.2. The number of nitrogens with two attached hydrogens (primary N) is 1. The van der Waals surface area contributed by atoms with E-state index in [1.165, 1.54) is 17.1 Å². The zero-order valence-corrected chi connectivity index (χ0v) is 13.5. The fourth-order valence-corrected chi connectivity index (χ4v) is 1.81. The van der Waals surface area contributed by atoms with Crippen LogP contribution in [0, 0.1) is 0 Å². The highest BCUT2D eigenvalue weighted by molar-refractivity contribution is 5.92. The third-order valence-corrected chi connectivity index (χ3v) is 2.74. The van der Waals surface area contributed by atoms with Crippen LogP contribution in [-0.4, -0.2) is 48.9 Å². The van der Waals surface area contributed by atoms with E-state index >= 15 is 0 Å². The van der Waals surface area contributed by atoms with Gasteiger partial charge in [-0.15, -0.1) is 0 Å². The Balaban J connectivity index is 2.12. The number of hydrogen-bond acceptors (Lipinski definition) is 8. The van der Waals surface area contributed by atoms with Crippen molar-refractivity contribution in [1.29, 1.82) is 0 Å². The summed E-state index contributed by atoms with van der Waals surface area (Å²) < 4.78 is 6.35. The summed E-state index contributed by atoms with van der Waals surface area (Å²) in [6.07, 6.45) is 2.38. The average molecular weight is 334 g/mol. The van der Waals surface area contributed by atoms with Crippen LogP contribution < -0.4 is 11.1 Å². The molecule has 2 aromatic heterocycles. The van der Waals surface area contributed by atoms with Gasteiger partial charge < -0.3 is 20.9 Å². The maximum atomic E-state index is 11.7. The zero-order valence-electron chi connectivity index (χ0n) is 13.5. The van der Waals surface area contributed by atoms with Gasteiger partial charge >= 0.3 is 11.9 Å². The van der Waals surface area contributed by atoms with Gasteiger partial charge in [-0.1, -0.05) is 0 Å². The molecule has 0 aromatic carbocycles. The second kappa shape index (κ2) is 6.52. The number of aromatic nitrogens is 4. The van der Waals surface area contributed by atoms with E-state index in [0.717, 1.165) is 6.20 Å². The van der Waals surface area contributed by atoms with Crippen molar-refractivity contribution < 1.29 is 19.4 Å². The molecule has 2 rings (SSSR count). The van der Waals surface area contributed by atoms with Crippen LogP contribution in [0.15, 0.2) is 18.6 Å². The van der Waals surface area contributed by atoms with Gasteiger partial charge in [0.2, 0.25) is 0 Å². The summed E-state index contributed by atoms with van der Waals surface area (Å²) in [5.41, 5.74) is 5.04. The molecule has 0 saturated heterocycles. The van der Waals surface area contributed by atoms with Crippen molar-refractivity contribution in [2.24, 2.45) is 0 Å². The first-order valence-corrected chi connectivity index (χ1v) is 7.02. The number of nitrogens with zero attached hydrogens (tertiary/aromatic N) is 4. The zero-order chi connectivity index (χ0) is 17.9. The maximum Gasteiger partial charge on any atom is 0.341 e. The first kappa shape index (κ1) is 17.2. The molecule has 0 aliphatic carbocycles. The highest BCUT2D eigenvalue weighted by Crippen LogP contribution is 2.17. The predicted molar refractivity (Wildman–Crippen MR) is 84.9 cm³/mol. The molecule has 0 aliphatic rings. The van der Waals surface area contributed by atoms with Crippen LogP contribution in [0.25, 0.3) is 5.82 Å². The van der Waals surface area contributed by atoms with E-state index in [4.69, 9.17) is 15.6 Å². The standard InChI is InChI=1S/C14H18N6O4/c1-14(2,3)24-11(21)6-16-9-4-10(18-7-17-9)20-12(15)8(5-19-20)13(22)23/h4-5,7H,6,15H2,1-3H3,(H,22,23)(H,16,17,18). The quantitative estimate of drug-likeness (QED) is 0.672. The topological polar surface area (TPSA) is 145 Å². The summed E-state index contributed by atoms with van der Waals surface area (Å²) in [6, 6.07) is 1.49. The number of rotatable bonds is 5. The van der Waals surface area contributed by atoms with Crippen molar-refractivity contribution in [3.05, 3.63) is 24.2 Å². The van der Waals surface area contributed by atoms with Crippen LogP contribution in [0.3, 0.4) is 0 Å². The molecular weight excluding hydrogens is 316 g/mol. The van der Waals surface area contributed by atoms with Crippen molar-refractivity contribution in [3.63, 3.8) is 0 Å². The molecule has 2 heterocycles. The average Bonchev–Trinajstić information content (AvgIpc) is 2.85. The minimum absolute atomic E-state index is 0.0562. The number of nitrogen functional groups attached to an aromatic ring is 1. The maximum absolute atomic E-state index is 11.7. The number of carboxylic acids is 1. The van der Waals surface area contributed by atoms with Gasteiger partial charge in [0.05, 0.1) is 6.20 Å². The minimum Gasteiger partial charge on any atom is -0.477 e. The Morgan fingerprint density at radius 2 is 2.08 bits per heavy atom. The van der Waals surface area contributed by atoms with Crippen LogP contribution >= 0.6 is 0 Å². The molecule has 2 aromatic rings. The Hall–Kier alpha value is -3.17. The number of aromatic carboxylic acids is 1. The molecule has 0 atom stereocenters. The highest BCUT2D eigenvalue weighted by Gasteiger charge is 2.17. The Bertz CT molecular complexity index is 765. The second-order valence-corrected chi connectivity index (χ2v) is 5.86. The van der Waals surface area contributed by atoms with Crippen LogP contribution in [0.4, 0.5) is 11.6 Å². The van der Waals surface area contributed by atoms with Crippen LogP contribution in [-0.2, 0) is 9.53 Å². The van der Waals surface area contributed by atoms with Gasteiger partial charge in [0, 0.05) is 6.07 Å². The van der Waals surface area contributed by atoms with Gasteiger partial charge in [0.15, 0.2) is 5.82 Å². The number of carbonyl (C=O) groups is 2. The van der Waals surface area contributed by atoms with Crippen LogP contribution in [0.5, 0.6) is 0 Å². The SMILES string of the molecule is CC(C)(C)OC(=O)CNc1cc(-n2ncc(C(=O)O)c2N)ncn1. The Morgan fingerprint density at radius 3 is 2.67 bits per heavy atom. The highest BCUT2D eigenvalue weighted by atomic mass is 16.6. The van der Waals surface area contributed by atoms with Crippen molar-refractivity contribution in [3.8, 4) is 5.82 Å². The van der Waals surface area contributed by atoms with Crippen LogP contribution in [0.2, 0.25) is 0 Å². The third-order valence-electron chi connectivity index (χ3n) is 2.74. The monoisotopic (exact) mass is 334 g/mol. The molecular formula is C14H18N6O4. The molecule has 0 saturated carbocycles. The number of hydrogen-bond donors (Lipinski definition) is 3. The van der Waals surface area contributed by atoms with Gasteiger partial charge in [-0.2, -0.15) is 9.78 Å². The molecule has 0 aliphatic heterocycles. The van der Waals surface area contributed by atoms with Gasteiger partial charge in [0.1, 0.15) is 35.7 Å². The molecule has 10 heteroatoms. The summed E-state index contributed by atoms with van der Waals surface area (Å²) in [5.74, 6) is -1.07. The van der Waals surface area contributed by atoms with E-state index in [9.17, 15) is 9.59 Å². The lowest BCUT2D eigenvalue weighted by atomic mass is 10.2. The third kappa shape index (κ3) is 4.18. The molecule has 0 radical (unpaired) electrons. The number of ether oxygens (including phenoxy) is 1. The Morgan fingerprint density at radius 1 is 1.38 bits per heavy atom. The number of nitrogens with one attached hydrogen (secondary N) is 1. The number of carbonyl (C=O) groups excluding carboxylic acids is 1. The minimum atomic E-state index is -1.18. The molecule has 0 unspecified atom stereocenters. The molecule has 0 amide bonds. The van der Waals surface area contributed by atoms with E-state index in [-0.39, 0.29) is 23.7 Å². The van der Waals surface area contributed by atoms with Gasteiger partial charge in [-0.3, -0.25) is 4.79 Å². The van der Waals surface area contributed by atoms with E-state index in [1.54, 1.807) is 20.8 Å².